The highest BCUT2D eigenvalue weighted by molar-refractivity contribution is 7.90. The van der Waals surface area contributed by atoms with Crippen molar-refractivity contribution in [2.45, 2.75) is 12.8 Å². The summed E-state index contributed by atoms with van der Waals surface area (Å²) in [5.41, 5.74) is 6.19. The maximum absolute atomic E-state index is 13.4. The fourth-order valence-electron chi connectivity index (χ4n) is 1.40. The van der Waals surface area contributed by atoms with Gasteiger partial charge >= 0.3 is 0 Å². The molecule has 90 valence electrons. The van der Waals surface area contributed by atoms with Crippen LogP contribution >= 0.6 is 11.6 Å². The summed E-state index contributed by atoms with van der Waals surface area (Å²) in [5.74, 6) is -0.465. The summed E-state index contributed by atoms with van der Waals surface area (Å²) in [5, 5.41) is 0.238. The Balaban J connectivity index is 2.75. The molecule has 0 fully saturated rings. The maximum atomic E-state index is 13.4. The largest absolute Gasteiger partial charge is 0.398 e. The molecule has 0 spiro atoms. The van der Waals surface area contributed by atoms with Crippen molar-refractivity contribution in [1.82, 2.24) is 0 Å². The van der Waals surface area contributed by atoms with Crippen LogP contribution in [0.5, 0.6) is 0 Å². The molecule has 0 aromatic heterocycles. The summed E-state index contributed by atoms with van der Waals surface area (Å²) in [6.45, 7) is 0. The van der Waals surface area contributed by atoms with Crippen LogP contribution in [0.1, 0.15) is 12.0 Å². The number of halogens is 2. The number of anilines is 1. The Kier molecular flexibility index (Phi) is 4.15. The summed E-state index contributed by atoms with van der Waals surface area (Å²) in [7, 11) is -3.02. The third-order valence-corrected chi connectivity index (χ3v) is 3.39. The number of rotatable bonds is 4. The molecule has 3 nitrogen and oxygen atoms in total. The third kappa shape index (κ3) is 3.98. The van der Waals surface area contributed by atoms with Gasteiger partial charge in [-0.05, 0) is 25.0 Å². The first-order valence-corrected chi connectivity index (χ1v) is 7.14. The SMILES string of the molecule is CS(=O)(=O)CCCc1c(N)cc(Cl)cc1F. The predicted molar refractivity (Wildman–Crippen MR) is 63.9 cm³/mol. The second kappa shape index (κ2) is 5.01. The molecule has 0 heterocycles. The normalized spacial score (nSPS) is 11.7. The molecular formula is C10H13ClFNO2S. The van der Waals surface area contributed by atoms with Crippen LogP contribution in [-0.2, 0) is 16.3 Å². The second-order valence-corrected chi connectivity index (χ2v) is 6.39. The standard InChI is InChI=1S/C10H13ClFNO2S/c1-16(14,15)4-2-3-8-9(12)5-7(11)6-10(8)13/h5-6H,2-4,13H2,1H3. The average molecular weight is 266 g/mol. The maximum Gasteiger partial charge on any atom is 0.147 e. The van der Waals surface area contributed by atoms with Gasteiger partial charge in [-0.25, -0.2) is 12.8 Å². The minimum Gasteiger partial charge on any atom is -0.398 e. The molecule has 0 saturated heterocycles. The lowest BCUT2D eigenvalue weighted by Crippen LogP contribution is -2.06. The lowest BCUT2D eigenvalue weighted by Gasteiger charge is -2.07. The van der Waals surface area contributed by atoms with Gasteiger partial charge in [0.2, 0.25) is 0 Å². The van der Waals surface area contributed by atoms with E-state index in [0.29, 0.717) is 18.4 Å². The summed E-state index contributed by atoms with van der Waals surface area (Å²) in [6.07, 6.45) is 1.79. The van der Waals surface area contributed by atoms with Gasteiger partial charge in [0.25, 0.3) is 0 Å². The van der Waals surface area contributed by atoms with E-state index in [1.807, 2.05) is 0 Å². The molecule has 0 unspecified atom stereocenters. The lowest BCUT2D eigenvalue weighted by atomic mass is 10.1. The zero-order valence-electron chi connectivity index (χ0n) is 8.83. The topological polar surface area (TPSA) is 60.2 Å². The van der Waals surface area contributed by atoms with Crippen LogP contribution < -0.4 is 5.73 Å². The zero-order chi connectivity index (χ0) is 12.3. The highest BCUT2D eigenvalue weighted by Gasteiger charge is 2.09. The zero-order valence-corrected chi connectivity index (χ0v) is 10.4. The van der Waals surface area contributed by atoms with Crippen LogP contribution in [0.15, 0.2) is 12.1 Å². The van der Waals surface area contributed by atoms with E-state index in [9.17, 15) is 12.8 Å². The van der Waals surface area contributed by atoms with Crippen LogP contribution in [-0.4, -0.2) is 20.4 Å². The molecule has 0 amide bonds. The highest BCUT2D eigenvalue weighted by atomic mass is 35.5. The molecule has 1 aromatic carbocycles. The molecule has 0 aliphatic rings. The molecule has 0 bridgehead atoms. The van der Waals surface area contributed by atoms with Crippen molar-refractivity contribution in [1.29, 1.82) is 0 Å². The molecule has 0 saturated carbocycles. The Morgan fingerprint density at radius 2 is 2.06 bits per heavy atom. The number of nitrogen functional groups attached to an aromatic ring is 1. The number of nitrogens with two attached hydrogens (primary N) is 1. The van der Waals surface area contributed by atoms with Crippen molar-refractivity contribution in [3.63, 3.8) is 0 Å². The monoisotopic (exact) mass is 265 g/mol. The molecule has 0 aliphatic heterocycles. The lowest BCUT2D eigenvalue weighted by molar-refractivity contribution is 0.593. The minimum absolute atomic E-state index is 0.0223. The van der Waals surface area contributed by atoms with E-state index in [1.165, 1.54) is 12.1 Å². The third-order valence-electron chi connectivity index (χ3n) is 2.14. The quantitative estimate of drug-likeness (QED) is 0.848. The fraction of sp³-hybridized carbons (Fsp3) is 0.400. The average Bonchev–Trinajstić information content (AvgIpc) is 2.07. The summed E-state index contributed by atoms with van der Waals surface area (Å²) < 4.78 is 35.2. The van der Waals surface area contributed by atoms with Gasteiger partial charge in [0.1, 0.15) is 15.7 Å². The van der Waals surface area contributed by atoms with Gasteiger partial charge in [0.15, 0.2) is 0 Å². The summed E-state index contributed by atoms with van der Waals surface area (Å²) in [4.78, 5) is 0. The minimum atomic E-state index is -3.02. The van der Waals surface area contributed by atoms with Gasteiger partial charge in [0.05, 0.1) is 5.75 Å². The molecular weight excluding hydrogens is 253 g/mol. The highest BCUT2D eigenvalue weighted by Crippen LogP contribution is 2.23. The van der Waals surface area contributed by atoms with Gasteiger partial charge in [0, 0.05) is 22.5 Å². The van der Waals surface area contributed by atoms with Crippen LogP contribution in [0.25, 0.3) is 0 Å². The molecule has 0 atom stereocenters. The van der Waals surface area contributed by atoms with E-state index in [2.05, 4.69) is 0 Å². The van der Waals surface area contributed by atoms with E-state index in [-0.39, 0.29) is 16.5 Å². The number of benzene rings is 1. The van der Waals surface area contributed by atoms with E-state index >= 15 is 0 Å². The van der Waals surface area contributed by atoms with Crippen LogP contribution in [0, 0.1) is 5.82 Å². The number of sulfone groups is 1. The Morgan fingerprint density at radius 1 is 1.44 bits per heavy atom. The van der Waals surface area contributed by atoms with Crippen molar-refractivity contribution < 1.29 is 12.8 Å². The van der Waals surface area contributed by atoms with Gasteiger partial charge < -0.3 is 5.73 Å². The first-order valence-electron chi connectivity index (χ1n) is 4.71. The Labute approximate surface area is 99.3 Å². The molecule has 0 aliphatic carbocycles. The van der Waals surface area contributed by atoms with E-state index in [0.717, 1.165) is 6.26 Å². The first-order chi connectivity index (χ1) is 7.29. The predicted octanol–water partition coefficient (Wildman–Crippen LogP) is 2.04. The van der Waals surface area contributed by atoms with Gasteiger partial charge in [-0.15, -0.1) is 0 Å². The van der Waals surface area contributed by atoms with Crippen molar-refractivity contribution >= 4 is 27.1 Å². The molecule has 0 radical (unpaired) electrons. The van der Waals surface area contributed by atoms with Crippen molar-refractivity contribution in [2.75, 3.05) is 17.7 Å². The molecule has 2 N–H and O–H groups in total. The molecule has 1 aromatic rings. The van der Waals surface area contributed by atoms with Crippen molar-refractivity contribution in [2.24, 2.45) is 0 Å². The number of hydrogen-bond acceptors (Lipinski definition) is 3. The Bertz CT molecular complexity index is 465. The van der Waals surface area contributed by atoms with E-state index in [1.54, 1.807) is 0 Å². The van der Waals surface area contributed by atoms with Crippen molar-refractivity contribution in [3.8, 4) is 0 Å². The number of hydrogen-bond donors (Lipinski definition) is 1. The van der Waals surface area contributed by atoms with Gasteiger partial charge in [-0.2, -0.15) is 0 Å². The summed E-state index contributed by atoms with van der Waals surface area (Å²) in [6, 6.07) is 2.63. The molecule has 6 heteroatoms. The Hall–Kier alpha value is -0.810. The van der Waals surface area contributed by atoms with Crippen LogP contribution in [0.4, 0.5) is 10.1 Å². The molecule has 1 rings (SSSR count). The first kappa shape index (κ1) is 13.3. The van der Waals surface area contributed by atoms with Gasteiger partial charge in [-0.3, -0.25) is 0 Å². The summed E-state index contributed by atoms with van der Waals surface area (Å²) >= 11 is 5.61. The Morgan fingerprint density at radius 3 is 2.56 bits per heavy atom. The molecule has 16 heavy (non-hydrogen) atoms. The smallest absolute Gasteiger partial charge is 0.147 e. The van der Waals surface area contributed by atoms with Crippen LogP contribution in [0.2, 0.25) is 5.02 Å². The van der Waals surface area contributed by atoms with E-state index in [4.69, 9.17) is 17.3 Å². The fourth-order valence-corrected chi connectivity index (χ4v) is 2.28. The van der Waals surface area contributed by atoms with E-state index < -0.39 is 15.7 Å². The van der Waals surface area contributed by atoms with Gasteiger partial charge in [-0.1, -0.05) is 11.6 Å². The van der Waals surface area contributed by atoms with Crippen molar-refractivity contribution in [3.05, 3.63) is 28.5 Å². The van der Waals surface area contributed by atoms with Crippen LogP contribution in [0.3, 0.4) is 0 Å². The second-order valence-electron chi connectivity index (χ2n) is 3.69.